The minimum atomic E-state index is -4.63. The molecule has 1 aromatic heterocycles. The van der Waals surface area contributed by atoms with Crippen molar-refractivity contribution >= 4 is 17.2 Å². The van der Waals surface area contributed by atoms with E-state index < -0.39 is 22.4 Å². The van der Waals surface area contributed by atoms with Crippen molar-refractivity contribution in [2.45, 2.75) is 6.18 Å². The number of nitro benzene ring substituents is 1. The van der Waals surface area contributed by atoms with Gasteiger partial charge in [0.15, 0.2) is 5.82 Å². The summed E-state index contributed by atoms with van der Waals surface area (Å²) >= 11 is 0. The Morgan fingerprint density at radius 3 is 2.41 bits per heavy atom. The zero-order valence-corrected chi connectivity index (χ0v) is 14.3. The molecule has 0 bridgehead atoms. The first-order valence-electron chi connectivity index (χ1n) is 8.01. The van der Waals surface area contributed by atoms with Crippen molar-refractivity contribution in [2.24, 2.45) is 0 Å². The number of alkyl halides is 3. The van der Waals surface area contributed by atoms with Crippen LogP contribution < -0.4 is 14.5 Å². The molecule has 8 nitrogen and oxygen atoms in total. The SMILES string of the molecule is COc1cncc(N2CCN(c3ccc(C(F)(F)F)cc3[N+](=O)[O-])CC2)n1. The van der Waals surface area contributed by atoms with Gasteiger partial charge in [-0.25, -0.2) is 0 Å². The van der Waals surface area contributed by atoms with E-state index in [9.17, 15) is 23.3 Å². The third-order valence-corrected chi connectivity index (χ3v) is 4.25. The molecule has 0 saturated carbocycles. The van der Waals surface area contributed by atoms with E-state index in [1.807, 2.05) is 4.90 Å². The molecule has 0 amide bonds. The molecular formula is C16H16F3N5O3. The number of nitrogens with zero attached hydrogens (tertiary/aromatic N) is 5. The van der Waals surface area contributed by atoms with Crippen LogP contribution in [0, 0.1) is 10.1 Å². The summed E-state index contributed by atoms with van der Waals surface area (Å²) in [6.07, 6.45) is -1.57. The van der Waals surface area contributed by atoms with Gasteiger partial charge in [0.2, 0.25) is 5.88 Å². The van der Waals surface area contributed by atoms with Gasteiger partial charge in [-0.05, 0) is 12.1 Å². The average molecular weight is 383 g/mol. The standard InChI is InChI=1S/C16H16F3N5O3/c1-27-15-10-20-9-14(21-15)23-6-4-22(5-7-23)12-3-2-11(16(17,18)19)8-13(12)24(25)26/h2-3,8-10H,4-7H2,1H3. The highest BCUT2D eigenvalue weighted by atomic mass is 19.4. The van der Waals surface area contributed by atoms with E-state index in [4.69, 9.17) is 4.74 Å². The van der Waals surface area contributed by atoms with Gasteiger partial charge in [0, 0.05) is 32.2 Å². The second kappa shape index (κ2) is 7.25. The summed E-state index contributed by atoms with van der Waals surface area (Å²) in [4.78, 5) is 22.4. The zero-order chi connectivity index (χ0) is 19.6. The molecule has 1 saturated heterocycles. The number of piperazine rings is 1. The van der Waals surface area contributed by atoms with Crippen molar-refractivity contribution in [3.8, 4) is 5.88 Å². The van der Waals surface area contributed by atoms with Crippen molar-refractivity contribution in [3.63, 3.8) is 0 Å². The molecule has 3 rings (SSSR count). The number of halogens is 3. The Labute approximate surface area is 152 Å². The van der Waals surface area contributed by atoms with Gasteiger partial charge in [-0.15, -0.1) is 0 Å². The fourth-order valence-electron chi connectivity index (χ4n) is 2.88. The summed E-state index contributed by atoms with van der Waals surface area (Å²) in [5, 5.41) is 11.3. The van der Waals surface area contributed by atoms with Crippen molar-refractivity contribution < 1.29 is 22.8 Å². The fraction of sp³-hybridized carbons (Fsp3) is 0.375. The third-order valence-electron chi connectivity index (χ3n) is 4.25. The van der Waals surface area contributed by atoms with E-state index in [1.165, 1.54) is 13.3 Å². The smallest absolute Gasteiger partial charge is 0.416 e. The molecule has 0 radical (unpaired) electrons. The largest absolute Gasteiger partial charge is 0.480 e. The van der Waals surface area contributed by atoms with Gasteiger partial charge in [0.1, 0.15) is 5.69 Å². The molecule has 0 N–H and O–H groups in total. The minimum Gasteiger partial charge on any atom is -0.480 e. The lowest BCUT2D eigenvalue weighted by Gasteiger charge is -2.36. The summed E-state index contributed by atoms with van der Waals surface area (Å²) in [6.45, 7) is 1.76. The van der Waals surface area contributed by atoms with E-state index in [-0.39, 0.29) is 5.69 Å². The molecule has 2 heterocycles. The van der Waals surface area contributed by atoms with E-state index in [0.717, 1.165) is 12.1 Å². The summed E-state index contributed by atoms with van der Waals surface area (Å²) in [5.74, 6) is 0.976. The highest BCUT2D eigenvalue weighted by Gasteiger charge is 2.34. The van der Waals surface area contributed by atoms with E-state index >= 15 is 0 Å². The maximum atomic E-state index is 12.8. The number of anilines is 2. The third kappa shape index (κ3) is 4.01. The topological polar surface area (TPSA) is 84.6 Å². The second-order valence-electron chi connectivity index (χ2n) is 5.85. The van der Waals surface area contributed by atoms with Crippen LogP contribution in [0.3, 0.4) is 0 Å². The Balaban J connectivity index is 1.78. The maximum Gasteiger partial charge on any atom is 0.416 e. The first kappa shape index (κ1) is 18.7. The molecule has 0 unspecified atom stereocenters. The summed E-state index contributed by atoms with van der Waals surface area (Å²) in [7, 11) is 1.48. The van der Waals surface area contributed by atoms with Gasteiger partial charge in [-0.3, -0.25) is 15.1 Å². The molecule has 0 aliphatic carbocycles. The Morgan fingerprint density at radius 2 is 1.81 bits per heavy atom. The summed E-state index contributed by atoms with van der Waals surface area (Å²) < 4.78 is 43.6. The van der Waals surface area contributed by atoms with Gasteiger partial charge in [0.25, 0.3) is 5.69 Å². The number of benzene rings is 1. The molecule has 27 heavy (non-hydrogen) atoms. The predicted molar refractivity (Wildman–Crippen MR) is 91.1 cm³/mol. The Bertz CT molecular complexity index is 838. The molecule has 144 valence electrons. The van der Waals surface area contributed by atoms with E-state index in [2.05, 4.69) is 9.97 Å². The Kier molecular flexibility index (Phi) is 5.02. The quantitative estimate of drug-likeness (QED) is 0.593. The number of hydrogen-bond acceptors (Lipinski definition) is 7. The van der Waals surface area contributed by atoms with Crippen LogP contribution in [0.25, 0.3) is 0 Å². The van der Waals surface area contributed by atoms with Crippen LogP contribution in [0.2, 0.25) is 0 Å². The second-order valence-corrected chi connectivity index (χ2v) is 5.85. The number of ether oxygens (including phenoxy) is 1. The van der Waals surface area contributed by atoms with Crippen LogP contribution in [0.15, 0.2) is 30.6 Å². The lowest BCUT2D eigenvalue weighted by atomic mass is 10.1. The number of rotatable bonds is 4. The number of hydrogen-bond donors (Lipinski definition) is 0. The first-order valence-corrected chi connectivity index (χ1v) is 8.01. The van der Waals surface area contributed by atoms with Crippen molar-refractivity contribution in [1.82, 2.24) is 9.97 Å². The van der Waals surface area contributed by atoms with Gasteiger partial charge in [-0.1, -0.05) is 0 Å². The minimum absolute atomic E-state index is 0.171. The lowest BCUT2D eigenvalue weighted by Crippen LogP contribution is -2.47. The van der Waals surface area contributed by atoms with Crippen LogP contribution >= 0.6 is 0 Å². The monoisotopic (exact) mass is 383 g/mol. The van der Waals surface area contributed by atoms with Crippen molar-refractivity contribution in [2.75, 3.05) is 43.1 Å². The normalized spacial score (nSPS) is 15.0. The molecule has 1 aromatic carbocycles. The van der Waals surface area contributed by atoms with Gasteiger partial charge in [-0.2, -0.15) is 18.2 Å². The van der Waals surface area contributed by atoms with Crippen LogP contribution in [-0.4, -0.2) is 48.2 Å². The molecule has 1 aliphatic rings. The van der Waals surface area contributed by atoms with Gasteiger partial charge in [0.05, 0.1) is 30.0 Å². The molecule has 0 spiro atoms. The van der Waals surface area contributed by atoms with Crippen molar-refractivity contribution in [3.05, 3.63) is 46.3 Å². The fourth-order valence-corrected chi connectivity index (χ4v) is 2.88. The number of aromatic nitrogens is 2. The summed E-state index contributed by atoms with van der Waals surface area (Å²) in [6, 6.07) is 2.60. The molecular weight excluding hydrogens is 367 g/mol. The van der Waals surface area contributed by atoms with Gasteiger partial charge >= 0.3 is 6.18 Å². The molecule has 0 atom stereocenters. The Hall–Kier alpha value is -3.11. The highest BCUT2D eigenvalue weighted by Crippen LogP contribution is 2.36. The van der Waals surface area contributed by atoms with Crippen LogP contribution in [0.4, 0.5) is 30.4 Å². The number of nitro groups is 1. The van der Waals surface area contributed by atoms with Crippen LogP contribution in [0.5, 0.6) is 5.88 Å². The Morgan fingerprint density at radius 1 is 1.15 bits per heavy atom. The van der Waals surface area contributed by atoms with Crippen molar-refractivity contribution in [1.29, 1.82) is 0 Å². The van der Waals surface area contributed by atoms with E-state index in [1.54, 1.807) is 11.1 Å². The van der Waals surface area contributed by atoms with Crippen LogP contribution in [-0.2, 0) is 6.18 Å². The van der Waals surface area contributed by atoms with Crippen LogP contribution in [0.1, 0.15) is 5.56 Å². The van der Waals surface area contributed by atoms with Gasteiger partial charge < -0.3 is 14.5 Å². The molecule has 1 fully saturated rings. The first-order chi connectivity index (χ1) is 12.8. The zero-order valence-electron chi connectivity index (χ0n) is 14.3. The predicted octanol–water partition coefficient (Wildman–Crippen LogP) is 2.74. The summed E-state index contributed by atoms with van der Waals surface area (Å²) in [5.41, 5.74) is -1.42. The molecule has 2 aromatic rings. The van der Waals surface area contributed by atoms with E-state index in [0.29, 0.717) is 43.9 Å². The maximum absolute atomic E-state index is 12.8. The highest BCUT2D eigenvalue weighted by molar-refractivity contribution is 5.65. The average Bonchev–Trinajstić information content (AvgIpc) is 2.67. The number of methoxy groups -OCH3 is 1. The molecule has 1 aliphatic heterocycles. The molecule has 11 heteroatoms. The lowest BCUT2D eigenvalue weighted by molar-refractivity contribution is -0.384.